The Labute approximate surface area is 168 Å². The number of amides is 1. The SMILES string of the molecule is C[C@@H]1C[C@H](C)CN(c2ncc(N3C(=O)C(C)(C)c4c(Cl)ncnc43)cc2F)C1. The minimum Gasteiger partial charge on any atom is -0.354 e. The number of piperidine rings is 1. The molecule has 0 radical (unpaired) electrons. The maximum atomic E-state index is 15.0. The molecule has 0 N–H and O–H groups in total. The highest BCUT2D eigenvalue weighted by Gasteiger charge is 2.48. The van der Waals surface area contributed by atoms with Crippen LogP contribution in [0.2, 0.25) is 5.15 Å². The van der Waals surface area contributed by atoms with Gasteiger partial charge in [-0.25, -0.2) is 19.3 Å². The Balaban J connectivity index is 1.73. The van der Waals surface area contributed by atoms with Crippen molar-refractivity contribution in [2.45, 2.75) is 39.5 Å². The summed E-state index contributed by atoms with van der Waals surface area (Å²) in [6.07, 6.45) is 3.96. The Hall–Kier alpha value is -2.28. The summed E-state index contributed by atoms with van der Waals surface area (Å²) >= 11 is 6.23. The van der Waals surface area contributed by atoms with E-state index in [-0.39, 0.29) is 11.1 Å². The highest BCUT2D eigenvalue weighted by Crippen LogP contribution is 2.46. The van der Waals surface area contributed by atoms with Crippen LogP contribution < -0.4 is 9.80 Å². The number of hydrogen-bond donors (Lipinski definition) is 0. The summed E-state index contributed by atoms with van der Waals surface area (Å²) in [6.45, 7) is 9.40. The van der Waals surface area contributed by atoms with Gasteiger partial charge in [-0.15, -0.1) is 0 Å². The molecule has 0 aliphatic carbocycles. The van der Waals surface area contributed by atoms with E-state index in [9.17, 15) is 4.79 Å². The van der Waals surface area contributed by atoms with E-state index in [4.69, 9.17) is 11.6 Å². The second kappa shape index (κ2) is 6.65. The first-order chi connectivity index (χ1) is 13.2. The third-order valence-electron chi connectivity index (χ3n) is 5.59. The topological polar surface area (TPSA) is 62.2 Å². The Kier molecular flexibility index (Phi) is 4.53. The largest absolute Gasteiger partial charge is 0.354 e. The normalized spacial score (nSPS) is 23.9. The van der Waals surface area contributed by atoms with Crippen molar-refractivity contribution in [3.63, 3.8) is 0 Å². The van der Waals surface area contributed by atoms with E-state index in [0.29, 0.717) is 34.7 Å². The lowest BCUT2D eigenvalue weighted by Crippen LogP contribution is -2.39. The summed E-state index contributed by atoms with van der Waals surface area (Å²) in [5.41, 5.74) is -0.0172. The van der Waals surface area contributed by atoms with Crippen molar-refractivity contribution < 1.29 is 9.18 Å². The van der Waals surface area contributed by atoms with Crippen LogP contribution in [0.3, 0.4) is 0 Å². The van der Waals surface area contributed by atoms with Gasteiger partial charge in [-0.2, -0.15) is 0 Å². The van der Waals surface area contributed by atoms with Crippen LogP contribution in [0.25, 0.3) is 0 Å². The predicted octanol–water partition coefficient (Wildman–Crippen LogP) is 4.10. The van der Waals surface area contributed by atoms with Crippen LogP contribution in [0, 0.1) is 17.7 Å². The van der Waals surface area contributed by atoms with Crippen molar-refractivity contribution in [2.24, 2.45) is 11.8 Å². The van der Waals surface area contributed by atoms with E-state index < -0.39 is 11.2 Å². The molecule has 4 rings (SSSR count). The van der Waals surface area contributed by atoms with Gasteiger partial charge in [0.15, 0.2) is 11.6 Å². The van der Waals surface area contributed by atoms with E-state index >= 15 is 4.39 Å². The highest BCUT2D eigenvalue weighted by atomic mass is 35.5. The number of carbonyl (C=O) groups excluding carboxylic acids is 1. The molecule has 0 spiro atoms. The van der Waals surface area contributed by atoms with Gasteiger partial charge in [0, 0.05) is 24.7 Å². The van der Waals surface area contributed by atoms with Gasteiger partial charge in [0.1, 0.15) is 17.3 Å². The number of carbonyl (C=O) groups is 1. The lowest BCUT2D eigenvalue weighted by atomic mass is 9.88. The molecule has 1 saturated heterocycles. The highest BCUT2D eigenvalue weighted by molar-refractivity contribution is 6.32. The quantitative estimate of drug-likeness (QED) is 0.706. The monoisotopic (exact) mass is 403 g/mol. The number of fused-ring (bicyclic) bond motifs is 1. The molecule has 2 aliphatic heterocycles. The van der Waals surface area contributed by atoms with Crippen molar-refractivity contribution in [1.29, 1.82) is 0 Å². The van der Waals surface area contributed by atoms with Gasteiger partial charge in [-0.05, 0) is 32.1 Å². The van der Waals surface area contributed by atoms with Crippen LogP contribution in [0.4, 0.5) is 21.7 Å². The van der Waals surface area contributed by atoms with E-state index in [1.807, 2.05) is 4.90 Å². The van der Waals surface area contributed by atoms with E-state index in [0.717, 1.165) is 19.5 Å². The van der Waals surface area contributed by atoms with E-state index in [1.54, 1.807) is 13.8 Å². The second-order valence-electron chi connectivity index (χ2n) is 8.48. The number of rotatable bonds is 2. The minimum absolute atomic E-state index is 0.229. The van der Waals surface area contributed by atoms with Crippen LogP contribution >= 0.6 is 11.6 Å². The number of hydrogen-bond acceptors (Lipinski definition) is 5. The summed E-state index contributed by atoms with van der Waals surface area (Å²) in [5.74, 6) is 0.989. The van der Waals surface area contributed by atoms with E-state index in [1.165, 1.54) is 23.5 Å². The molecule has 0 aromatic carbocycles. The Bertz CT molecular complexity index is 940. The zero-order chi connectivity index (χ0) is 20.2. The molecule has 4 heterocycles. The van der Waals surface area contributed by atoms with Crippen LogP contribution in [-0.2, 0) is 10.2 Å². The molecule has 0 unspecified atom stereocenters. The lowest BCUT2D eigenvalue weighted by molar-refractivity contribution is -0.121. The maximum Gasteiger partial charge on any atom is 0.243 e. The summed E-state index contributed by atoms with van der Waals surface area (Å²) in [4.78, 5) is 29.0. The fraction of sp³-hybridized carbons (Fsp3) is 0.500. The smallest absolute Gasteiger partial charge is 0.243 e. The van der Waals surface area contributed by atoms with Crippen LogP contribution in [0.5, 0.6) is 0 Å². The molecule has 1 fully saturated rings. The fourth-order valence-electron chi connectivity index (χ4n) is 4.40. The number of halogens is 2. The second-order valence-corrected chi connectivity index (χ2v) is 8.84. The molecule has 6 nitrogen and oxygen atoms in total. The summed E-state index contributed by atoms with van der Waals surface area (Å²) < 4.78 is 15.0. The van der Waals surface area contributed by atoms with Crippen LogP contribution in [-0.4, -0.2) is 33.9 Å². The van der Waals surface area contributed by atoms with Crippen molar-refractivity contribution in [1.82, 2.24) is 15.0 Å². The molecule has 0 bridgehead atoms. The molecule has 8 heteroatoms. The Morgan fingerprint density at radius 3 is 2.46 bits per heavy atom. The van der Waals surface area contributed by atoms with Gasteiger partial charge in [-0.3, -0.25) is 9.69 Å². The van der Waals surface area contributed by atoms with Crippen molar-refractivity contribution in [2.75, 3.05) is 22.9 Å². The molecule has 0 saturated carbocycles. The van der Waals surface area contributed by atoms with Gasteiger partial charge < -0.3 is 4.90 Å². The average molecular weight is 404 g/mol. The van der Waals surface area contributed by atoms with Gasteiger partial charge in [0.05, 0.1) is 17.3 Å². The van der Waals surface area contributed by atoms with Gasteiger partial charge in [-0.1, -0.05) is 25.4 Å². The molecule has 1 amide bonds. The molecule has 148 valence electrons. The number of anilines is 3. The third-order valence-corrected chi connectivity index (χ3v) is 5.88. The molecule has 2 aromatic rings. The molecule has 2 aliphatic rings. The summed E-state index contributed by atoms with van der Waals surface area (Å²) in [6, 6.07) is 1.35. The molecular formula is C20H23ClFN5O. The molecule has 2 aromatic heterocycles. The lowest BCUT2D eigenvalue weighted by Gasteiger charge is -2.36. The zero-order valence-electron chi connectivity index (χ0n) is 16.4. The first-order valence-electron chi connectivity index (χ1n) is 9.46. The first kappa shape index (κ1) is 19.1. The first-order valence-corrected chi connectivity index (χ1v) is 9.84. The Morgan fingerprint density at radius 1 is 1.14 bits per heavy atom. The maximum absolute atomic E-state index is 15.0. The van der Waals surface area contributed by atoms with E-state index in [2.05, 4.69) is 28.8 Å². The number of aromatic nitrogens is 3. The van der Waals surface area contributed by atoms with Crippen molar-refractivity contribution >= 4 is 34.8 Å². The predicted molar refractivity (Wildman–Crippen MR) is 107 cm³/mol. The average Bonchev–Trinajstić information content (AvgIpc) is 2.81. The number of nitrogens with zero attached hydrogens (tertiary/aromatic N) is 5. The van der Waals surface area contributed by atoms with Gasteiger partial charge in [0.2, 0.25) is 5.91 Å². The standard InChI is InChI=1S/C20H23ClFN5O/c1-11-5-12(2)9-26(8-11)17-14(22)6-13(7-23-17)27-18-15(16(21)24-10-25-18)20(3,4)19(27)28/h6-7,10-12H,5,8-9H2,1-4H3/t11-,12+. The van der Waals surface area contributed by atoms with Gasteiger partial charge in [0.25, 0.3) is 0 Å². The van der Waals surface area contributed by atoms with Crippen LogP contribution in [0.15, 0.2) is 18.6 Å². The fourth-order valence-corrected chi connectivity index (χ4v) is 4.76. The summed E-state index contributed by atoms with van der Waals surface area (Å²) in [5, 5.41) is 0.229. The molecule has 2 atom stereocenters. The van der Waals surface area contributed by atoms with Crippen molar-refractivity contribution in [3.8, 4) is 0 Å². The summed E-state index contributed by atoms with van der Waals surface area (Å²) in [7, 11) is 0. The van der Waals surface area contributed by atoms with Gasteiger partial charge >= 0.3 is 0 Å². The molecular weight excluding hydrogens is 381 g/mol. The van der Waals surface area contributed by atoms with Crippen molar-refractivity contribution in [3.05, 3.63) is 35.1 Å². The third kappa shape index (κ3) is 2.92. The minimum atomic E-state index is -0.902. The Morgan fingerprint density at radius 2 is 1.82 bits per heavy atom. The zero-order valence-corrected chi connectivity index (χ0v) is 17.2. The number of pyridine rings is 1. The van der Waals surface area contributed by atoms with Crippen LogP contribution in [0.1, 0.15) is 39.7 Å². The molecule has 28 heavy (non-hydrogen) atoms.